The Morgan fingerprint density at radius 3 is 2.22 bits per heavy atom. The second kappa shape index (κ2) is 6.01. The van der Waals surface area contributed by atoms with Crippen LogP contribution in [0.25, 0.3) is 0 Å². The van der Waals surface area contributed by atoms with Crippen LogP contribution >= 0.6 is 0 Å². The molecule has 0 saturated heterocycles. The predicted molar refractivity (Wildman–Crippen MR) is 34.4 cm³/mol. The van der Waals surface area contributed by atoms with Crippen LogP contribution in [0, 0.1) is 0 Å². The van der Waals surface area contributed by atoms with Crippen molar-refractivity contribution in [3.8, 4) is 0 Å². The second-order valence-electron chi connectivity index (χ2n) is 2.16. The van der Waals surface area contributed by atoms with Crippen molar-refractivity contribution in [3.63, 3.8) is 0 Å². The van der Waals surface area contributed by atoms with E-state index >= 15 is 0 Å². The van der Waals surface area contributed by atoms with Gasteiger partial charge in [0.2, 0.25) is 0 Å². The number of hydroxylamine groups is 2. The summed E-state index contributed by atoms with van der Waals surface area (Å²) in [4.78, 5) is 0. The van der Waals surface area contributed by atoms with Crippen LogP contribution in [0.5, 0.6) is 0 Å². The van der Waals surface area contributed by atoms with Crippen molar-refractivity contribution in [2.24, 2.45) is 0 Å². The fraction of sp³-hybridized carbons (Fsp3) is 1.00. The van der Waals surface area contributed by atoms with E-state index in [9.17, 15) is 0 Å². The highest BCUT2D eigenvalue weighted by Gasteiger charge is 1.91. The molecular formula is C6H15NO2. The summed E-state index contributed by atoms with van der Waals surface area (Å²) in [7, 11) is 0. The molecule has 0 aromatic rings. The van der Waals surface area contributed by atoms with E-state index in [0.717, 1.165) is 12.8 Å². The van der Waals surface area contributed by atoms with Crippen LogP contribution < -0.4 is 0 Å². The van der Waals surface area contributed by atoms with Crippen LogP contribution in [-0.2, 0) is 0 Å². The monoisotopic (exact) mass is 133 g/mol. The molecule has 0 unspecified atom stereocenters. The first-order valence-corrected chi connectivity index (χ1v) is 3.42. The fourth-order valence-electron chi connectivity index (χ4n) is 0.680. The van der Waals surface area contributed by atoms with Gasteiger partial charge in [-0.3, -0.25) is 10.4 Å². The Morgan fingerprint density at radius 1 is 1.11 bits per heavy atom. The standard InChI is InChI=1S/C6H15NO2/c1-2-3-4-5-6-7(8)9/h8-9H,2-6H2,1H3. The topological polar surface area (TPSA) is 43.7 Å². The van der Waals surface area contributed by atoms with Gasteiger partial charge in [-0.15, -0.1) is 0 Å². The van der Waals surface area contributed by atoms with Gasteiger partial charge in [0.05, 0.1) is 6.54 Å². The molecule has 0 spiro atoms. The molecule has 0 aliphatic heterocycles. The molecule has 0 rings (SSSR count). The summed E-state index contributed by atoms with van der Waals surface area (Å²) >= 11 is 0. The molecule has 0 fully saturated rings. The van der Waals surface area contributed by atoms with Gasteiger partial charge in [-0.1, -0.05) is 31.4 Å². The Kier molecular flexibility index (Phi) is 5.93. The molecule has 0 radical (unpaired) electrons. The largest absolute Gasteiger partial charge is 0.290 e. The average molecular weight is 133 g/mol. The average Bonchev–Trinajstić information content (AvgIpc) is 1.80. The van der Waals surface area contributed by atoms with Crippen molar-refractivity contribution in [1.29, 1.82) is 0 Å². The van der Waals surface area contributed by atoms with Gasteiger partial charge in [0.15, 0.2) is 0 Å². The number of rotatable bonds is 5. The maximum atomic E-state index is 8.24. The molecule has 0 saturated carbocycles. The third kappa shape index (κ3) is 7.88. The zero-order valence-corrected chi connectivity index (χ0v) is 5.88. The summed E-state index contributed by atoms with van der Waals surface area (Å²) in [6.07, 6.45) is 4.29. The molecule has 3 heteroatoms. The van der Waals surface area contributed by atoms with E-state index in [1.165, 1.54) is 12.8 Å². The van der Waals surface area contributed by atoms with E-state index in [-0.39, 0.29) is 5.23 Å². The molecule has 2 N–H and O–H groups in total. The van der Waals surface area contributed by atoms with E-state index in [4.69, 9.17) is 10.4 Å². The van der Waals surface area contributed by atoms with Gasteiger partial charge < -0.3 is 0 Å². The number of hydrogen-bond acceptors (Lipinski definition) is 3. The lowest BCUT2D eigenvalue weighted by Crippen LogP contribution is -2.14. The molecule has 0 aromatic heterocycles. The van der Waals surface area contributed by atoms with E-state index in [1.807, 2.05) is 0 Å². The molecular weight excluding hydrogens is 118 g/mol. The normalized spacial score (nSPS) is 10.7. The summed E-state index contributed by atoms with van der Waals surface area (Å²) in [6, 6.07) is 0. The minimum absolute atomic E-state index is 0.246. The Bertz CT molecular complexity index is 57.0. The van der Waals surface area contributed by atoms with Gasteiger partial charge >= 0.3 is 0 Å². The van der Waals surface area contributed by atoms with Gasteiger partial charge in [0.25, 0.3) is 0 Å². The maximum absolute atomic E-state index is 8.24. The minimum atomic E-state index is 0.246. The number of unbranched alkanes of at least 4 members (excludes halogenated alkanes) is 3. The molecule has 0 amide bonds. The third-order valence-electron chi connectivity index (χ3n) is 1.21. The Morgan fingerprint density at radius 2 is 1.78 bits per heavy atom. The molecule has 0 heterocycles. The molecule has 56 valence electrons. The third-order valence-corrected chi connectivity index (χ3v) is 1.21. The lowest BCUT2D eigenvalue weighted by Gasteiger charge is -2.03. The van der Waals surface area contributed by atoms with E-state index < -0.39 is 0 Å². The summed E-state index contributed by atoms with van der Waals surface area (Å²) in [6.45, 7) is 2.48. The lowest BCUT2D eigenvalue weighted by atomic mass is 10.2. The van der Waals surface area contributed by atoms with Crippen LogP contribution in [0.15, 0.2) is 0 Å². The summed E-state index contributed by atoms with van der Waals surface area (Å²) in [5.41, 5.74) is 0. The quantitative estimate of drug-likeness (QED) is 0.442. The molecule has 9 heavy (non-hydrogen) atoms. The zero-order chi connectivity index (χ0) is 7.11. The van der Waals surface area contributed by atoms with E-state index in [1.54, 1.807) is 0 Å². The van der Waals surface area contributed by atoms with Gasteiger partial charge in [-0.2, -0.15) is 0 Å². The van der Waals surface area contributed by atoms with Gasteiger partial charge in [-0.05, 0) is 6.42 Å². The highest BCUT2D eigenvalue weighted by atomic mass is 16.8. The van der Waals surface area contributed by atoms with Gasteiger partial charge in [0, 0.05) is 0 Å². The van der Waals surface area contributed by atoms with Crippen molar-refractivity contribution in [2.45, 2.75) is 32.6 Å². The summed E-state index contributed by atoms with van der Waals surface area (Å²) < 4.78 is 0. The van der Waals surface area contributed by atoms with E-state index in [0.29, 0.717) is 6.54 Å². The van der Waals surface area contributed by atoms with E-state index in [2.05, 4.69) is 6.92 Å². The SMILES string of the molecule is CCCCCCN(O)O. The Labute approximate surface area is 55.8 Å². The molecule has 0 bridgehead atoms. The van der Waals surface area contributed by atoms with Crippen molar-refractivity contribution in [3.05, 3.63) is 0 Å². The van der Waals surface area contributed by atoms with Crippen molar-refractivity contribution >= 4 is 0 Å². The second-order valence-corrected chi connectivity index (χ2v) is 2.16. The van der Waals surface area contributed by atoms with Gasteiger partial charge in [0.1, 0.15) is 0 Å². The highest BCUT2D eigenvalue weighted by Crippen LogP contribution is 1.98. The van der Waals surface area contributed by atoms with Crippen molar-refractivity contribution in [1.82, 2.24) is 5.23 Å². The Balaban J connectivity index is 2.75. The Hall–Kier alpha value is -0.120. The van der Waals surface area contributed by atoms with Crippen LogP contribution in [0.3, 0.4) is 0 Å². The maximum Gasteiger partial charge on any atom is 0.0512 e. The summed E-state index contributed by atoms with van der Waals surface area (Å²) in [5, 5.41) is 16.7. The zero-order valence-electron chi connectivity index (χ0n) is 5.88. The first-order valence-electron chi connectivity index (χ1n) is 3.42. The number of hydrogen-bond donors (Lipinski definition) is 2. The first kappa shape index (κ1) is 8.88. The molecule has 0 atom stereocenters. The molecule has 0 aliphatic carbocycles. The van der Waals surface area contributed by atoms with Crippen LogP contribution in [0.1, 0.15) is 32.6 Å². The smallest absolute Gasteiger partial charge is 0.0512 e. The fourth-order valence-corrected chi connectivity index (χ4v) is 0.680. The highest BCUT2D eigenvalue weighted by molar-refractivity contribution is 4.39. The van der Waals surface area contributed by atoms with Crippen LogP contribution in [0.4, 0.5) is 0 Å². The van der Waals surface area contributed by atoms with Crippen LogP contribution in [-0.4, -0.2) is 22.2 Å². The minimum Gasteiger partial charge on any atom is -0.290 e. The summed E-state index contributed by atoms with van der Waals surface area (Å²) in [5.74, 6) is 0. The molecule has 0 aromatic carbocycles. The lowest BCUT2D eigenvalue weighted by molar-refractivity contribution is -0.306. The van der Waals surface area contributed by atoms with Crippen molar-refractivity contribution < 1.29 is 10.4 Å². The van der Waals surface area contributed by atoms with Crippen molar-refractivity contribution in [2.75, 3.05) is 6.54 Å². The predicted octanol–water partition coefficient (Wildman–Crippen LogP) is 1.65. The van der Waals surface area contributed by atoms with Crippen LogP contribution in [0.2, 0.25) is 0 Å². The number of nitrogens with zero attached hydrogens (tertiary/aromatic N) is 1. The first-order chi connectivity index (χ1) is 4.27. The van der Waals surface area contributed by atoms with Gasteiger partial charge in [-0.25, -0.2) is 0 Å². The molecule has 0 aliphatic rings. The molecule has 3 nitrogen and oxygen atoms in total.